The average molecular weight is 359 g/mol. The van der Waals surface area contributed by atoms with Crippen LogP contribution in [0.1, 0.15) is 16.7 Å². The zero-order valence-corrected chi connectivity index (χ0v) is 14.5. The van der Waals surface area contributed by atoms with Crippen LogP contribution in [-0.2, 0) is 5.75 Å². The Kier molecular flexibility index (Phi) is 5.07. The molecular weight excluding hydrogens is 344 g/mol. The number of aromatic amines is 1. The van der Waals surface area contributed by atoms with Crippen LogP contribution in [0.3, 0.4) is 0 Å². The number of nitriles is 2. The Morgan fingerprint density at radius 2 is 1.62 bits per heavy atom. The number of hydrogen-bond donors (Lipinski definition) is 2. The quantitative estimate of drug-likeness (QED) is 0.693. The smallest absolute Gasteiger partial charge is 0.289 e. The number of thioether (sulfide) groups is 1. The minimum Gasteiger partial charge on any atom is -0.508 e. The van der Waals surface area contributed by atoms with Crippen molar-refractivity contribution in [1.82, 2.24) is 0 Å². The van der Waals surface area contributed by atoms with Gasteiger partial charge in [-0.15, -0.1) is 0 Å². The summed E-state index contributed by atoms with van der Waals surface area (Å²) in [4.78, 5) is 2.98. The molecule has 26 heavy (non-hydrogen) atoms. The Balaban J connectivity index is 2.10. The lowest BCUT2D eigenvalue weighted by atomic mass is 9.97. The summed E-state index contributed by atoms with van der Waals surface area (Å²) in [5, 5.41) is 29.4. The number of phenolic OH excluding ortho intramolecular Hbond substituents is 1. The molecule has 0 saturated heterocycles. The van der Waals surface area contributed by atoms with Crippen molar-refractivity contribution in [3.05, 3.63) is 71.3 Å². The minimum atomic E-state index is 0.111. The lowest BCUT2D eigenvalue weighted by Crippen LogP contribution is -2.18. The van der Waals surface area contributed by atoms with E-state index >= 15 is 0 Å². The lowest BCUT2D eigenvalue weighted by Gasteiger charge is -2.10. The molecule has 1 heterocycles. The van der Waals surface area contributed by atoms with Crippen LogP contribution >= 0.6 is 11.8 Å². The molecule has 5 nitrogen and oxygen atoms in total. The molecule has 1 aromatic heterocycles. The van der Waals surface area contributed by atoms with Gasteiger partial charge in [-0.3, -0.25) is 5.73 Å². The van der Waals surface area contributed by atoms with Gasteiger partial charge in [-0.05, 0) is 23.3 Å². The summed E-state index contributed by atoms with van der Waals surface area (Å²) >= 11 is 1.45. The maximum absolute atomic E-state index is 9.74. The Hall–Kier alpha value is -3.48. The monoisotopic (exact) mass is 359 g/mol. The van der Waals surface area contributed by atoms with E-state index in [1.807, 2.05) is 30.3 Å². The van der Waals surface area contributed by atoms with E-state index in [0.717, 1.165) is 5.56 Å². The van der Waals surface area contributed by atoms with Crippen molar-refractivity contribution < 1.29 is 10.1 Å². The van der Waals surface area contributed by atoms with Gasteiger partial charge in [0.15, 0.2) is 5.03 Å². The molecule has 6 heteroatoms. The number of anilines is 1. The first-order valence-electron chi connectivity index (χ1n) is 7.79. The number of pyridine rings is 1. The van der Waals surface area contributed by atoms with Crippen LogP contribution in [0.25, 0.3) is 11.1 Å². The van der Waals surface area contributed by atoms with Gasteiger partial charge in [0.05, 0.1) is 0 Å². The van der Waals surface area contributed by atoms with E-state index in [0.29, 0.717) is 27.5 Å². The first-order valence-corrected chi connectivity index (χ1v) is 8.77. The number of nitrogens with two attached hydrogens (primary N) is 1. The predicted octanol–water partition coefficient (Wildman–Crippen LogP) is 3.49. The number of nitrogens with zero attached hydrogens (tertiary/aromatic N) is 2. The Morgan fingerprint density at radius 1 is 0.962 bits per heavy atom. The van der Waals surface area contributed by atoms with E-state index in [4.69, 9.17) is 5.73 Å². The largest absolute Gasteiger partial charge is 0.508 e. The SMILES string of the molecule is N#Cc1c(N)[nH+]c(SCc2ccccc2)c(C#N)c1-c1ccc(O)cc1. The van der Waals surface area contributed by atoms with Crippen molar-refractivity contribution in [2.24, 2.45) is 0 Å². The van der Waals surface area contributed by atoms with Gasteiger partial charge in [-0.1, -0.05) is 54.2 Å². The highest BCUT2D eigenvalue weighted by Gasteiger charge is 2.23. The number of nitrogen functional groups attached to an aromatic ring is 1. The molecule has 0 unspecified atom stereocenters. The second-order valence-corrected chi connectivity index (χ2v) is 6.52. The highest BCUT2D eigenvalue weighted by atomic mass is 32.2. The second kappa shape index (κ2) is 7.60. The summed E-state index contributed by atoms with van der Waals surface area (Å²) in [6.07, 6.45) is 0. The number of benzene rings is 2. The van der Waals surface area contributed by atoms with Crippen molar-refractivity contribution >= 4 is 17.6 Å². The van der Waals surface area contributed by atoms with Crippen molar-refractivity contribution in [3.63, 3.8) is 0 Å². The number of rotatable bonds is 4. The molecule has 0 bridgehead atoms. The average Bonchev–Trinajstić information content (AvgIpc) is 2.67. The molecule has 0 aliphatic rings. The molecule has 0 amide bonds. The van der Waals surface area contributed by atoms with Gasteiger partial charge in [-0.2, -0.15) is 10.5 Å². The van der Waals surface area contributed by atoms with E-state index in [1.54, 1.807) is 12.1 Å². The molecule has 0 saturated carbocycles. The second-order valence-electron chi connectivity index (χ2n) is 5.54. The van der Waals surface area contributed by atoms with E-state index < -0.39 is 0 Å². The molecule has 0 aliphatic heterocycles. The fourth-order valence-corrected chi connectivity index (χ4v) is 3.58. The van der Waals surface area contributed by atoms with Gasteiger partial charge >= 0.3 is 0 Å². The Morgan fingerprint density at radius 3 is 2.23 bits per heavy atom. The summed E-state index contributed by atoms with van der Waals surface area (Å²) in [5.41, 5.74) is 8.86. The molecule has 3 aromatic rings. The van der Waals surface area contributed by atoms with Crippen LogP contribution in [-0.4, -0.2) is 5.11 Å². The number of aromatic hydroxyl groups is 1. The van der Waals surface area contributed by atoms with Crippen molar-refractivity contribution in [3.8, 4) is 29.0 Å². The normalized spacial score (nSPS) is 10.1. The third kappa shape index (κ3) is 3.46. The number of nitrogens with one attached hydrogen (secondary N) is 1. The molecule has 0 spiro atoms. The van der Waals surface area contributed by atoms with E-state index in [9.17, 15) is 15.6 Å². The number of phenols is 1. The third-order valence-corrected chi connectivity index (χ3v) is 4.92. The molecule has 0 fully saturated rings. The highest BCUT2D eigenvalue weighted by Crippen LogP contribution is 2.35. The Labute approximate surface area is 155 Å². The van der Waals surface area contributed by atoms with E-state index in [1.165, 1.54) is 23.9 Å². The summed E-state index contributed by atoms with van der Waals surface area (Å²) in [6, 6.07) is 20.5. The van der Waals surface area contributed by atoms with Gasteiger partial charge in [0, 0.05) is 11.3 Å². The number of aromatic nitrogens is 1. The molecular formula is C20H15N4OS+. The summed E-state index contributed by atoms with van der Waals surface area (Å²) < 4.78 is 0. The Bertz CT molecular complexity index is 1020. The van der Waals surface area contributed by atoms with Crippen molar-refractivity contribution in [2.45, 2.75) is 10.8 Å². The summed E-state index contributed by atoms with van der Waals surface area (Å²) in [6.45, 7) is 0. The number of hydrogen-bond acceptors (Lipinski definition) is 5. The first-order chi connectivity index (χ1) is 12.6. The molecule has 0 radical (unpaired) electrons. The van der Waals surface area contributed by atoms with Gasteiger partial charge in [0.2, 0.25) is 0 Å². The summed E-state index contributed by atoms with van der Waals surface area (Å²) in [5.74, 6) is 0.983. The van der Waals surface area contributed by atoms with Crippen LogP contribution in [0.2, 0.25) is 0 Å². The van der Waals surface area contributed by atoms with Crippen LogP contribution < -0.4 is 10.7 Å². The molecule has 3 rings (SSSR count). The maximum atomic E-state index is 9.74. The van der Waals surface area contributed by atoms with Crippen molar-refractivity contribution in [1.29, 1.82) is 10.5 Å². The first kappa shape index (κ1) is 17.3. The standard InChI is InChI=1S/C20H14N4OS/c21-10-16-18(14-6-8-15(25)9-7-14)17(11-22)20(24-19(16)23)26-12-13-4-2-1-3-5-13/h1-9,25H,12H2,(H2,23,24)/p+1. The fraction of sp³-hybridized carbons (Fsp3) is 0.0500. The van der Waals surface area contributed by atoms with Gasteiger partial charge in [0.25, 0.3) is 5.82 Å². The minimum absolute atomic E-state index is 0.111. The van der Waals surface area contributed by atoms with Crippen LogP contribution in [0.15, 0.2) is 59.6 Å². The predicted molar refractivity (Wildman–Crippen MR) is 99.9 cm³/mol. The third-order valence-electron chi connectivity index (χ3n) is 3.85. The molecule has 2 aromatic carbocycles. The molecule has 4 N–H and O–H groups in total. The van der Waals surface area contributed by atoms with E-state index in [2.05, 4.69) is 17.1 Å². The zero-order chi connectivity index (χ0) is 18.5. The molecule has 0 aliphatic carbocycles. The number of H-pyrrole nitrogens is 1. The summed E-state index contributed by atoms with van der Waals surface area (Å²) in [7, 11) is 0. The van der Waals surface area contributed by atoms with Crippen LogP contribution in [0.4, 0.5) is 5.82 Å². The van der Waals surface area contributed by atoms with Gasteiger partial charge in [0.1, 0.15) is 29.0 Å². The van der Waals surface area contributed by atoms with Crippen molar-refractivity contribution in [2.75, 3.05) is 5.73 Å². The topological polar surface area (TPSA) is 108 Å². The molecule has 0 atom stereocenters. The molecule has 126 valence electrons. The zero-order valence-electron chi connectivity index (χ0n) is 13.7. The highest BCUT2D eigenvalue weighted by molar-refractivity contribution is 7.98. The fourth-order valence-electron chi connectivity index (χ4n) is 2.60. The van der Waals surface area contributed by atoms with Crippen LogP contribution in [0, 0.1) is 22.7 Å². The van der Waals surface area contributed by atoms with E-state index in [-0.39, 0.29) is 17.1 Å². The van der Waals surface area contributed by atoms with Gasteiger partial charge < -0.3 is 5.11 Å². The maximum Gasteiger partial charge on any atom is 0.289 e. The van der Waals surface area contributed by atoms with Crippen LogP contribution in [0.5, 0.6) is 5.75 Å². The van der Waals surface area contributed by atoms with Gasteiger partial charge in [-0.25, -0.2) is 4.98 Å². The lowest BCUT2D eigenvalue weighted by molar-refractivity contribution is -0.410.